The third-order valence-corrected chi connectivity index (χ3v) is 4.06. The van der Waals surface area contributed by atoms with Crippen molar-refractivity contribution < 1.29 is 5.11 Å². The number of aromatic nitrogens is 2. The van der Waals surface area contributed by atoms with Gasteiger partial charge in [0.05, 0.1) is 11.8 Å². The standard InChI is InChI=1S/C15H19N3O/c1-10-13-5-3-4-6-14(13)15(17-16-10)18-8-7-12(9-18)11(2)19/h3-6,11-12,19H,7-9H2,1-2H3. The van der Waals surface area contributed by atoms with E-state index in [9.17, 15) is 5.11 Å². The number of hydrogen-bond donors (Lipinski definition) is 1. The lowest BCUT2D eigenvalue weighted by Gasteiger charge is -2.20. The van der Waals surface area contributed by atoms with Crippen molar-refractivity contribution >= 4 is 16.6 Å². The van der Waals surface area contributed by atoms with E-state index >= 15 is 0 Å². The average Bonchev–Trinajstić information content (AvgIpc) is 2.89. The van der Waals surface area contributed by atoms with Gasteiger partial charge in [0, 0.05) is 29.8 Å². The zero-order chi connectivity index (χ0) is 13.4. The molecule has 4 heteroatoms. The fourth-order valence-electron chi connectivity index (χ4n) is 2.83. The third-order valence-electron chi connectivity index (χ3n) is 4.06. The Hall–Kier alpha value is -1.68. The number of rotatable bonds is 2. The lowest BCUT2D eigenvalue weighted by Crippen LogP contribution is -2.25. The van der Waals surface area contributed by atoms with Crippen LogP contribution >= 0.6 is 0 Å². The highest BCUT2D eigenvalue weighted by molar-refractivity contribution is 5.93. The van der Waals surface area contributed by atoms with E-state index in [4.69, 9.17) is 0 Å². The summed E-state index contributed by atoms with van der Waals surface area (Å²) in [6, 6.07) is 8.26. The first-order valence-corrected chi connectivity index (χ1v) is 6.82. The lowest BCUT2D eigenvalue weighted by atomic mass is 10.0. The van der Waals surface area contributed by atoms with Crippen LogP contribution in [0.25, 0.3) is 10.8 Å². The molecule has 2 heterocycles. The molecule has 1 aromatic heterocycles. The summed E-state index contributed by atoms with van der Waals surface area (Å²) in [5.41, 5.74) is 0.964. The molecule has 0 aliphatic carbocycles. The molecular formula is C15H19N3O. The van der Waals surface area contributed by atoms with Crippen molar-refractivity contribution in [3.63, 3.8) is 0 Å². The summed E-state index contributed by atoms with van der Waals surface area (Å²) in [7, 11) is 0. The van der Waals surface area contributed by atoms with Gasteiger partial charge in [-0.3, -0.25) is 0 Å². The van der Waals surface area contributed by atoms with E-state index in [2.05, 4.69) is 27.2 Å². The van der Waals surface area contributed by atoms with Crippen LogP contribution in [0.1, 0.15) is 19.0 Å². The molecule has 0 bridgehead atoms. The first-order chi connectivity index (χ1) is 9.16. The Morgan fingerprint density at radius 2 is 2.00 bits per heavy atom. The Balaban J connectivity index is 2.00. The number of benzene rings is 1. The molecule has 4 nitrogen and oxygen atoms in total. The molecule has 0 radical (unpaired) electrons. The van der Waals surface area contributed by atoms with E-state index in [1.54, 1.807) is 0 Å². The predicted octanol–water partition coefficient (Wildman–Crippen LogP) is 2.15. The molecule has 0 spiro atoms. The van der Waals surface area contributed by atoms with Crippen molar-refractivity contribution in [2.24, 2.45) is 5.92 Å². The zero-order valence-electron chi connectivity index (χ0n) is 11.4. The Kier molecular flexibility index (Phi) is 3.11. The Bertz CT molecular complexity index is 597. The summed E-state index contributed by atoms with van der Waals surface area (Å²) in [6.07, 6.45) is 0.760. The summed E-state index contributed by atoms with van der Waals surface area (Å²) >= 11 is 0. The van der Waals surface area contributed by atoms with Crippen molar-refractivity contribution in [1.29, 1.82) is 0 Å². The highest BCUT2D eigenvalue weighted by Gasteiger charge is 2.28. The fourth-order valence-corrected chi connectivity index (χ4v) is 2.83. The molecule has 1 saturated heterocycles. The molecular weight excluding hydrogens is 238 g/mol. The number of anilines is 1. The van der Waals surface area contributed by atoms with Gasteiger partial charge < -0.3 is 10.0 Å². The van der Waals surface area contributed by atoms with Crippen LogP contribution in [-0.2, 0) is 0 Å². The molecule has 1 aliphatic heterocycles. The van der Waals surface area contributed by atoms with Gasteiger partial charge in [0.2, 0.25) is 0 Å². The molecule has 1 aromatic carbocycles. The van der Waals surface area contributed by atoms with E-state index in [0.29, 0.717) is 5.92 Å². The van der Waals surface area contributed by atoms with E-state index in [1.165, 1.54) is 0 Å². The van der Waals surface area contributed by atoms with Gasteiger partial charge in [0.25, 0.3) is 0 Å². The normalized spacial score (nSPS) is 21.0. The summed E-state index contributed by atoms with van der Waals surface area (Å²) in [5.74, 6) is 1.28. The molecule has 3 rings (SSSR count). The Labute approximate surface area is 113 Å². The minimum absolute atomic E-state index is 0.255. The van der Waals surface area contributed by atoms with Gasteiger partial charge in [-0.05, 0) is 20.3 Å². The van der Waals surface area contributed by atoms with Crippen molar-refractivity contribution in [3.8, 4) is 0 Å². The van der Waals surface area contributed by atoms with Crippen molar-refractivity contribution in [2.75, 3.05) is 18.0 Å². The number of nitrogens with zero attached hydrogens (tertiary/aromatic N) is 3. The minimum atomic E-state index is -0.255. The number of hydrogen-bond acceptors (Lipinski definition) is 4. The van der Waals surface area contributed by atoms with Gasteiger partial charge in [-0.15, -0.1) is 5.10 Å². The van der Waals surface area contributed by atoms with Crippen LogP contribution in [0.2, 0.25) is 0 Å². The molecule has 1 aliphatic rings. The molecule has 2 atom stereocenters. The third kappa shape index (κ3) is 2.16. The number of aryl methyl sites for hydroxylation is 1. The Morgan fingerprint density at radius 1 is 1.26 bits per heavy atom. The maximum atomic E-state index is 9.71. The lowest BCUT2D eigenvalue weighted by molar-refractivity contribution is 0.136. The van der Waals surface area contributed by atoms with E-state index in [0.717, 1.165) is 41.8 Å². The van der Waals surface area contributed by atoms with E-state index in [1.807, 2.05) is 26.0 Å². The summed E-state index contributed by atoms with van der Waals surface area (Å²) < 4.78 is 0. The average molecular weight is 257 g/mol. The fraction of sp³-hybridized carbons (Fsp3) is 0.467. The SMILES string of the molecule is Cc1nnc(N2CCC(C(C)O)C2)c2ccccc12. The molecule has 0 saturated carbocycles. The van der Waals surface area contributed by atoms with Crippen molar-refractivity contribution in [3.05, 3.63) is 30.0 Å². The largest absolute Gasteiger partial charge is 0.393 e. The van der Waals surface area contributed by atoms with Crippen LogP contribution in [0.4, 0.5) is 5.82 Å². The molecule has 0 amide bonds. The van der Waals surface area contributed by atoms with Gasteiger partial charge >= 0.3 is 0 Å². The second-order valence-electron chi connectivity index (χ2n) is 5.39. The van der Waals surface area contributed by atoms with Crippen LogP contribution < -0.4 is 4.90 Å². The highest BCUT2D eigenvalue weighted by atomic mass is 16.3. The number of aliphatic hydroxyl groups excluding tert-OH is 1. The molecule has 2 aromatic rings. The summed E-state index contributed by atoms with van der Waals surface area (Å²) in [5, 5.41) is 20.7. The second-order valence-corrected chi connectivity index (χ2v) is 5.39. The number of fused-ring (bicyclic) bond motifs is 1. The van der Waals surface area contributed by atoms with Gasteiger partial charge in [0.15, 0.2) is 5.82 Å². The van der Waals surface area contributed by atoms with E-state index < -0.39 is 0 Å². The van der Waals surface area contributed by atoms with E-state index in [-0.39, 0.29) is 6.10 Å². The van der Waals surface area contributed by atoms with Crippen molar-refractivity contribution in [2.45, 2.75) is 26.4 Å². The minimum Gasteiger partial charge on any atom is -0.393 e. The topological polar surface area (TPSA) is 49.2 Å². The smallest absolute Gasteiger partial charge is 0.159 e. The maximum Gasteiger partial charge on any atom is 0.159 e. The van der Waals surface area contributed by atoms with Crippen molar-refractivity contribution in [1.82, 2.24) is 10.2 Å². The molecule has 100 valence electrons. The van der Waals surface area contributed by atoms with Gasteiger partial charge in [0.1, 0.15) is 0 Å². The molecule has 19 heavy (non-hydrogen) atoms. The van der Waals surface area contributed by atoms with Gasteiger partial charge in [-0.25, -0.2) is 0 Å². The first-order valence-electron chi connectivity index (χ1n) is 6.82. The monoisotopic (exact) mass is 257 g/mol. The zero-order valence-corrected chi connectivity index (χ0v) is 11.4. The molecule has 2 unspecified atom stereocenters. The molecule has 1 fully saturated rings. The molecule has 1 N–H and O–H groups in total. The van der Waals surface area contributed by atoms with Crippen LogP contribution in [0.15, 0.2) is 24.3 Å². The quantitative estimate of drug-likeness (QED) is 0.895. The van der Waals surface area contributed by atoms with Crippen LogP contribution in [0, 0.1) is 12.8 Å². The maximum absolute atomic E-state index is 9.71. The van der Waals surface area contributed by atoms with Crippen LogP contribution in [0.5, 0.6) is 0 Å². The highest BCUT2D eigenvalue weighted by Crippen LogP contribution is 2.30. The first kappa shape index (κ1) is 12.4. The van der Waals surface area contributed by atoms with Gasteiger partial charge in [-0.2, -0.15) is 5.10 Å². The Morgan fingerprint density at radius 3 is 2.68 bits per heavy atom. The predicted molar refractivity (Wildman–Crippen MR) is 76.3 cm³/mol. The van der Waals surface area contributed by atoms with Gasteiger partial charge in [-0.1, -0.05) is 24.3 Å². The summed E-state index contributed by atoms with van der Waals surface area (Å²) in [6.45, 7) is 5.66. The van der Waals surface area contributed by atoms with Crippen LogP contribution in [0.3, 0.4) is 0 Å². The summed E-state index contributed by atoms with van der Waals surface area (Å²) in [4.78, 5) is 2.24. The second kappa shape index (κ2) is 4.78. The van der Waals surface area contributed by atoms with Crippen LogP contribution in [-0.4, -0.2) is 34.5 Å². The number of aliphatic hydroxyl groups is 1.